The van der Waals surface area contributed by atoms with Crippen molar-refractivity contribution in [2.24, 2.45) is 0 Å². The number of aromatic nitrogens is 2. The van der Waals surface area contributed by atoms with Crippen LogP contribution in [0, 0.1) is 5.82 Å². The van der Waals surface area contributed by atoms with Crippen LogP contribution in [0.4, 0.5) is 21.8 Å². The highest BCUT2D eigenvalue weighted by Crippen LogP contribution is 2.39. The summed E-state index contributed by atoms with van der Waals surface area (Å²) in [5.41, 5.74) is 0.150. The monoisotopic (exact) mass is 497 g/mol. The van der Waals surface area contributed by atoms with Crippen molar-refractivity contribution in [2.45, 2.75) is 64.1 Å². The highest BCUT2D eigenvalue weighted by molar-refractivity contribution is 6.35. The molecule has 0 radical (unpaired) electrons. The molecule has 0 spiro atoms. The number of esters is 1. The summed E-state index contributed by atoms with van der Waals surface area (Å²) in [6.45, 7) is 9.12. The van der Waals surface area contributed by atoms with Gasteiger partial charge in [-0.2, -0.15) is 4.98 Å². The molecule has 0 amide bonds. The third-order valence-corrected chi connectivity index (χ3v) is 6.36. The number of rotatable bonds is 7. The lowest BCUT2D eigenvalue weighted by Crippen LogP contribution is -2.63. The van der Waals surface area contributed by atoms with Crippen LogP contribution in [-0.4, -0.2) is 51.6 Å². The zero-order valence-electron chi connectivity index (χ0n) is 19.5. The number of methoxy groups -OCH3 is 1. The Balaban J connectivity index is 1.75. The van der Waals surface area contributed by atoms with Crippen molar-refractivity contribution in [3.8, 4) is 0 Å². The van der Waals surface area contributed by atoms with Crippen molar-refractivity contribution < 1.29 is 13.9 Å². The number of piperidine rings is 1. The molecule has 0 atom stereocenters. The number of carbonyl (C=O) groups is 1. The van der Waals surface area contributed by atoms with Crippen LogP contribution < -0.4 is 10.6 Å². The van der Waals surface area contributed by atoms with E-state index < -0.39 is 5.82 Å². The Morgan fingerprint density at radius 3 is 2.36 bits per heavy atom. The summed E-state index contributed by atoms with van der Waals surface area (Å²) in [4.78, 5) is 22.4. The molecule has 1 saturated heterocycles. The zero-order chi connectivity index (χ0) is 24.4. The maximum atomic E-state index is 14.6. The number of ether oxygens (including phenoxy) is 1. The average molecular weight is 498 g/mol. The lowest BCUT2D eigenvalue weighted by atomic mass is 9.76. The van der Waals surface area contributed by atoms with E-state index in [1.165, 1.54) is 7.11 Å². The van der Waals surface area contributed by atoms with Gasteiger partial charge in [-0.15, -0.1) is 0 Å². The molecular formula is C23H30Cl2FN5O2. The van der Waals surface area contributed by atoms with Gasteiger partial charge in [-0.25, -0.2) is 9.37 Å². The summed E-state index contributed by atoms with van der Waals surface area (Å²) in [5.74, 6) is -0.411. The minimum absolute atomic E-state index is 0.0257. The first-order valence-corrected chi connectivity index (χ1v) is 11.5. The van der Waals surface area contributed by atoms with Gasteiger partial charge in [0, 0.05) is 39.4 Å². The second-order valence-corrected chi connectivity index (χ2v) is 10.4. The fraction of sp³-hybridized carbons (Fsp3) is 0.522. The largest absolute Gasteiger partial charge is 0.469 e. The molecule has 10 heteroatoms. The van der Waals surface area contributed by atoms with Gasteiger partial charge in [-0.1, -0.05) is 23.2 Å². The van der Waals surface area contributed by atoms with Gasteiger partial charge in [0.05, 0.1) is 19.7 Å². The smallest absolute Gasteiger partial charge is 0.306 e. The first-order valence-electron chi connectivity index (χ1n) is 10.8. The summed E-state index contributed by atoms with van der Waals surface area (Å²) in [7, 11) is 1.40. The van der Waals surface area contributed by atoms with Crippen LogP contribution in [0.25, 0.3) is 0 Å². The molecule has 2 heterocycles. The molecule has 2 aromatic rings. The van der Waals surface area contributed by atoms with Crippen LogP contribution in [-0.2, 0) is 9.53 Å². The minimum Gasteiger partial charge on any atom is -0.469 e. The van der Waals surface area contributed by atoms with Gasteiger partial charge in [0.25, 0.3) is 0 Å². The van der Waals surface area contributed by atoms with Crippen molar-refractivity contribution in [1.82, 2.24) is 14.9 Å². The van der Waals surface area contributed by atoms with E-state index in [1.54, 1.807) is 18.2 Å². The van der Waals surface area contributed by atoms with Crippen LogP contribution in [0.2, 0.25) is 10.0 Å². The molecule has 1 fully saturated rings. The van der Waals surface area contributed by atoms with E-state index in [0.29, 0.717) is 28.7 Å². The van der Waals surface area contributed by atoms with E-state index in [1.807, 2.05) is 0 Å². The predicted octanol–water partition coefficient (Wildman–Crippen LogP) is 5.66. The summed E-state index contributed by atoms with van der Waals surface area (Å²) in [5, 5.41) is 7.22. The van der Waals surface area contributed by atoms with Crippen molar-refractivity contribution >= 4 is 46.6 Å². The van der Waals surface area contributed by atoms with Crippen molar-refractivity contribution in [3.05, 3.63) is 40.3 Å². The van der Waals surface area contributed by atoms with Gasteiger partial charge in [0.15, 0.2) is 11.6 Å². The molecule has 1 aromatic carbocycles. The Morgan fingerprint density at radius 1 is 1.18 bits per heavy atom. The molecule has 1 aliphatic rings. The third kappa shape index (κ3) is 6.46. The molecule has 0 saturated carbocycles. The quantitative estimate of drug-likeness (QED) is 0.477. The lowest BCUT2D eigenvalue weighted by molar-refractivity contribution is -0.142. The SMILES string of the molecule is COC(=O)CCN1C(C)(C)CC(Nc2nc(Nc3cc(Cl)cc(Cl)c3)ncc2F)CC1(C)C. The number of carbonyl (C=O) groups excluding carboxylic acids is 1. The summed E-state index contributed by atoms with van der Waals surface area (Å²) < 4.78 is 19.4. The van der Waals surface area contributed by atoms with E-state index in [2.05, 4.69) is 53.2 Å². The fourth-order valence-electron chi connectivity index (χ4n) is 4.81. The van der Waals surface area contributed by atoms with E-state index in [4.69, 9.17) is 27.9 Å². The van der Waals surface area contributed by atoms with Crippen LogP contribution in [0.1, 0.15) is 47.0 Å². The second-order valence-electron chi connectivity index (χ2n) is 9.53. The molecule has 3 rings (SSSR count). The molecule has 33 heavy (non-hydrogen) atoms. The normalized spacial score (nSPS) is 18.1. The third-order valence-electron chi connectivity index (χ3n) is 5.92. The Hall–Kier alpha value is -2.16. The fourth-order valence-corrected chi connectivity index (χ4v) is 5.33. The maximum Gasteiger partial charge on any atom is 0.306 e. The first-order chi connectivity index (χ1) is 15.4. The highest BCUT2D eigenvalue weighted by Gasteiger charge is 2.45. The summed E-state index contributed by atoms with van der Waals surface area (Å²) in [6.07, 6.45) is 2.94. The number of nitrogens with zero attached hydrogens (tertiary/aromatic N) is 3. The molecule has 0 bridgehead atoms. The van der Waals surface area contributed by atoms with E-state index in [0.717, 1.165) is 19.0 Å². The van der Waals surface area contributed by atoms with Gasteiger partial charge in [-0.3, -0.25) is 9.69 Å². The molecule has 0 unspecified atom stereocenters. The molecule has 0 aliphatic carbocycles. The number of halogens is 3. The Labute approximate surface area is 204 Å². The standard InChI is InChI=1S/C23H30Cl2FN5O2/c1-22(2)11-17(12-23(3,4)31(22)7-6-19(32)33-5)28-20-18(26)13-27-21(30-20)29-16-9-14(24)8-15(25)10-16/h8-10,13,17H,6-7,11-12H2,1-5H3,(H2,27,28,29,30). The van der Waals surface area contributed by atoms with Crippen molar-refractivity contribution in [1.29, 1.82) is 0 Å². The van der Waals surface area contributed by atoms with Crippen LogP contribution >= 0.6 is 23.2 Å². The summed E-state index contributed by atoms with van der Waals surface area (Å²) in [6, 6.07) is 4.96. The molecule has 180 valence electrons. The Kier molecular flexibility index (Phi) is 7.71. The second kappa shape index (κ2) is 9.99. The number of likely N-dealkylation sites (tertiary alicyclic amines) is 1. The number of hydrogen-bond donors (Lipinski definition) is 2. The average Bonchev–Trinajstić information content (AvgIpc) is 2.67. The van der Waals surface area contributed by atoms with Crippen molar-refractivity contribution in [2.75, 3.05) is 24.3 Å². The van der Waals surface area contributed by atoms with Crippen molar-refractivity contribution in [3.63, 3.8) is 0 Å². The number of nitrogens with one attached hydrogen (secondary N) is 2. The van der Waals surface area contributed by atoms with E-state index in [-0.39, 0.29) is 34.9 Å². The van der Waals surface area contributed by atoms with Gasteiger partial charge >= 0.3 is 5.97 Å². The Bertz CT molecular complexity index is 980. The van der Waals surface area contributed by atoms with E-state index >= 15 is 0 Å². The van der Waals surface area contributed by atoms with Gasteiger partial charge < -0.3 is 15.4 Å². The summed E-state index contributed by atoms with van der Waals surface area (Å²) >= 11 is 12.1. The molecule has 7 nitrogen and oxygen atoms in total. The molecular weight excluding hydrogens is 468 g/mol. The van der Waals surface area contributed by atoms with Crippen LogP contribution in [0.5, 0.6) is 0 Å². The first kappa shape index (κ1) is 25.5. The van der Waals surface area contributed by atoms with E-state index in [9.17, 15) is 9.18 Å². The van der Waals surface area contributed by atoms with Gasteiger partial charge in [0.2, 0.25) is 5.95 Å². The van der Waals surface area contributed by atoms with Gasteiger partial charge in [-0.05, 0) is 58.7 Å². The van der Waals surface area contributed by atoms with Crippen LogP contribution in [0.15, 0.2) is 24.4 Å². The molecule has 1 aliphatic heterocycles. The minimum atomic E-state index is -0.534. The Morgan fingerprint density at radius 2 is 1.79 bits per heavy atom. The predicted molar refractivity (Wildman–Crippen MR) is 130 cm³/mol. The number of hydrogen-bond acceptors (Lipinski definition) is 7. The number of benzene rings is 1. The molecule has 2 N–H and O–H groups in total. The van der Waals surface area contributed by atoms with Gasteiger partial charge in [0.1, 0.15) is 0 Å². The molecule has 1 aromatic heterocycles. The number of anilines is 3. The lowest BCUT2D eigenvalue weighted by Gasteiger charge is -2.55. The maximum absolute atomic E-state index is 14.6. The topological polar surface area (TPSA) is 79.4 Å². The highest BCUT2D eigenvalue weighted by atomic mass is 35.5. The zero-order valence-corrected chi connectivity index (χ0v) is 21.0. The van der Waals surface area contributed by atoms with Crippen LogP contribution in [0.3, 0.4) is 0 Å².